The Balaban J connectivity index is 1.90. The molecule has 2 aromatic carbocycles. The first-order valence-corrected chi connectivity index (χ1v) is 7.53. The molecule has 0 fully saturated rings. The van der Waals surface area contributed by atoms with Gasteiger partial charge in [-0.3, -0.25) is 0 Å². The molecule has 23 heavy (non-hydrogen) atoms. The highest BCUT2D eigenvalue weighted by atomic mass is 19.1. The number of nitrogens with zero attached hydrogens (tertiary/aromatic N) is 2. The highest BCUT2D eigenvalue weighted by molar-refractivity contribution is 5.73. The van der Waals surface area contributed by atoms with Gasteiger partial charge in [-0.2, -0.15) is 5.10 Å². The second kappa shape index (κ2) is 5.43. The molecule has 2 heterocycles. The van der Waals surface area contributed by atoms with Crippen LogP contribution in [0, 0.1) is 5.82 Å². The van der Waals surface area contributed by atoms with Gasteiger partial charge in [0, 0.05) is 17.7 Å². The summed E-state index contributed by atoms with van der Waals surface area (Å²) in [5.41, 5.74) is 3.40. The van der Waals surface area contributed by atoms with E-state index in [9.17, 15) is 4.39 Å². The number of aromatic nitrogens is 2. The molecule has 1 N–H and O–H groups in total. The molecule has 0 saturated heterocycles. The Bertz CT molecular complexity index is 872. The maximum absolute atomic E-state index is 14.2. The molecule has 0 bridgehead atoms. The summed E-state index contributed by atoms with van der Waals surface area (Å²) in [6, 6.07) is 14.5. The third kappa shape index (κ3) is 2.25. The van der Waals surface area contributed by atoms with Crippen molar-refractivity contribution in [1.82, 2.24) is 9.78 Å². The number of nitrogens with one attached hydrogen (secondary N) is 1. The van der Waals surface area contributed by atoms with Crippen LogP contribution in [-0.4, -0.2) is 23.4 Å². The van der Waals surface area contributed by atoms with Crippen molar-refractivity contribution in [2.75, 3.05) is 19.0 Å². The van der Waals surface area contributed by atoms with Crippen LogP contribution in [0.5, 0.6) is 5.75 Å². The predicted octanol–water partition coefficient (Wildman–Crippen LogP) is 3.66. The van der Waals surface area contributed by atoms with Crippen LogP contribution in [0.3, 0.4) is 0 Å². The molecule has 0 amide bonds. The number of para-hydroxylation sites is 1. The van der Waals surface area contributed by atoms with E-state index in [1.807, 2.05) is 30.3 Å². The standard InChI is InChI=1S/C18H16FN3O/c1-23-13-6-4-5-12(11-13)17-14-9-10-20-18(14)22(21-17)16-8-3-2-7-15(16)19/h2-8,11,20H,9-10H2,1H3. The molecule has 1 aliphatic rings. The molecule has 116 valence electrons. The Hall–Kier alpha value is -2.82. The van der Waals surface area contributed by atoms with Crippen LogP contribution in [0.25, 0.3) is 16.9 Å². The van der Waals surface area contributed by atoms with Gasteiger partial charge >= 0.3 is 0 Å². The summed E-state index contributed by atoms with van der Waals surface area (Å²) in [6.07, 6.45) is 0.871. The van der Waals surface area contributed by atoms with Crippen LogP contribution in [-0.2, 0) is 6.42 Å². The van der Waals surface area contributed by atoms with Crippen molar-refractivity contribution < 1.29 is 9.13 Å². The number of hydrogen-bond acceptors (Lipinski definition) is 3. The zero-order valence-corrected chi connectivity index (χ0v) is 12.7. The molecule has 0 atom stereocenters. The molecule has 0 spiro atoms. The van der Waals surface area contributed by atoms with Crippen molar-refractivity contribution in [3.8, 4) is 22.7 Å². The van der Waals surface area contributed by atoms with Gasteiger partial charge in [0.15, 0.2) is 0 Å². The van der Waals surface area contributed by atoms with Crippen molar-refractivity contribution in [3.63, 3.8) is 0 Å². The number of halogens is 1. The highest BCUT2D eigenvalue weighted by Gasteiger charge is 2.25. The molecule has 5 heteroatoms. The van der Waals surface area contributed by atoms with Gasteiger partial charge in [-0.1, -0.05) is 24.3 Å². The van der Waals surface area contributed by atoms with Gasteiger partial charge in [-0.25, -0.2) is 9.07 Å². The Morgan fingerprint density at radius 3 is 2.87 bits per heavy atom. The summed E-state index contributed by atoms with van der Waals surface area (Å²) in [7, 11) is 1.64. The van der Waals surface area contributed by atoms with Crippen LogP contribution in [0.1, 0.15) is 5.56 Å². The number of hydrogen-bond donors (Lipinski definition) is 1. The number of fused-ring (bicyclic) bond motifs is 1. The quantitative estimate of drug-likeness (QED) is 0.802. The molecule has 1 aromatic heterocycles. The molecule has 0 unspecified atom stereocenters. The van der Waals surface area contributed by atoms with Gasteiger partial charge in [-0.15, -0.1) is 0 Å². The fourth-order valence-corrected chi connectivity index (χ4v) is 2.97. The van der Waals surface area contributed by atoms with Gasteiger partial charge in [0.25, 0.3) is 0 Å². The topological polar surface area (TPSA) is 39.1 Å². The first kappa shape index (κ1) is 13.8. The molecular formula is C18H16FN3O. The minimum atomic E-state index is -0.288. The smallest absolute Gasteiger partial charge is 0.148 e. The van der Waals surface area contributed by atoms with Gasteiger partial charge in [-0.05, 0) is 30.7 Å². The number of rotatable bonds is 3. The minimum absolute atomic E-state index is 0.288. The largest absolute Gasteiger partial charge is 0.497 e. The molecule has 4 nitrogen and oxygen atoms in total. The predicted molar refractivity (Wildman–Crippen MR) is 87.7 cm³/mol. The molecule has 0 saturated carbocycles. The first-order chi connectivity index (χ1) is 11.3. The Morgan fingerprint density at radius 2 is 2.04 bits per heavy atom. The fourth-order valence-electron chi connectivity index (χ4n) is 2.97. The molecule has 3 aromatic rings. The summed E-state index contributed by atoms with van der Waals surface area (Å²) < 4.78 is 21.1. The van der Waals surface area contributed by atoms with Gasteiger partial charge < -0.3 is 10.1 Å². The van der Waals surface area contributed by atoms with Gasteiger partial charge in [0.05, 0.1) is 12.8 Å². The van der Waals surface area contributed by atoms with E-state index >= 15 is 0 Å². The van der Waals surface area contributed by atoms with Crippen LogP contribution in [0.15, 0.2) is 48.5 Å². The second-order valence-corrected chi connectivity index (χ2v) is 5.45. The summed E-state index contributed by atoms with van der Waals surface area (Å²) in [6.45, 7) is 0.832. The van der Waals surface area contributed by atoms with Crippen LogP contribution >= 0.6 is 0 Å². The number of methoxy groups -OCH3 is 1. The monoisotopic (exact) mass is 309 g/mol. The minimum Gasteiger partial charge on any atom is -0.497 e. The van der Waals surface area contributed by atoms with Crippen LogP contribution in [0.2, 0.25) is 0 Å². The number of ether oxygens (including phenoxy) is 1. The van der Waals surface area contributed by atoms with Gasteiger partial charge in [0.2, 0.25) is 0 Å². The zero-order valence-electron chi connectivity index (χ0n) is 12.7. The van der Waals surface area contributed by atoms with E-state index in [-0.39, 0.29) is 5.82 Å². The molecule has 0 aliphatic carbocycles. The third-order valence-electron chi connectivity index (χ3n) is 4.07. The van der Waals surface area contributed by atoms with Crippen molar-refractivity contribution in [3.05, 3.63) is 59.9 Å². The second-order valence-electron chi connectivity index (χ2n) is 5.45. The highest BCUT2D eigenvalue weighted by Crippen LogP contribution is 2.35. The first-order valence-electron chi connectivity index (χ1n) is 7.53. The lowest BCUT2D eigenvalue weighted by molar-refractivity contribution is 0.415. The van der Waals surface area contributed by atoms with E-state index in [1.165, 1.54) is 6.07 Å². The molecule has 0 radical (unpaired) electrons. The lowest BCUT2D eigenvalue weighted by atomic mass is 10.1. The average molecular weight is 309 g/mol. The fraction of sp³-hybridized carbons (Fsp3) is 0.167. The van der Waals surface area contributed by atoms with E-state index in [1.54, 1.807) is 23.9 Å². The Morgan fingerprint density at radius 1 is 1.17 bits per heavy atom. The van der Waals surface area contributed by atoms with Crippen LogP contribution < -0.4 is 10.1 Å². The zero-order chi connectivity index (χ0) is 15.8. The normalized spacial score (nSPS) is 12.8. The summed E-state index contributed by atoms with van der Waals surface area (Å²) in [4.78, 5) is 0. The van der Waals surface area contributed by atoms with E-state index in [0.29, 0.717) is 5.69 Å². The maximum Gasteiger partial charge on any atom is 0.148 e. The maximum atomic E-state index is 14.2. The van der Waals surface area contributed by atoms with E-state index in [2.05, 4.69) is 10.4 Å². The van der Waals surface area contributed by atoms with E-state index < -0.39 is 0 Å². The summed E-state index contributed by atoms with van der Waals surface area (Å²) >= 11 is 0. The third-order valence-corrected chi connectivity index (χ3v) is 4.07. The Labute approximate surface area is 133 Å². The lowest BCUT2D eigenvalue weighted by Gasteiger charge is -2.07. The van der Waals surface area contributed by atoms with Crippen LogP contribution in [0.4, 0.5) is 10.2 Å². The summed E-state index contributed by atoms with van der Waals surface area (Å²) in [5, 5.41) is 7.98. The van der Waals surface area contributed by atoms with Crippen molar-refractivity contribution in [2.45, 2.75) is 6.42 Å². The van der Waals surface area contributed by atoms with Gasteiger partial charge in [0.1, 0.15) is 23.1 Å². The molecular weight excluding hydrogens is 293 g/mol. The van der Waals surface area contributed by atoms with E-state index in [0.717, 1.165) is 41.4 Å². The lowest BCUT2D eigenvalue weighted by Crippen LogP contribution is -2.05. The number of benzene rings is 2. The molecule has 4 rings (SSSR count). The van der Waals surface area contributed by atoms with E-state index in [4.69, 9.17) is 4.74 Å². The van der Waals surface area contributed by atoms with Crippen molar-refractivity contribution in [1.29, 1.82) is 0 Å². The van der Waals surface area contributed by atoms with Crippen molar-refractivity contribution >= 4 is 5.82 Å². The Kier molecular flexibility index (Phi) is 3.26. The SMILES string of the molecule is COc1cccc(-c2nn(-c3ccccc3F)c3c2CCN3)c1. The van der Waals surface area contributed by atoms with Crippen molar-refractivity contribution in [2.24, 2.45) is 0 Å². The molecule has 1 aliphatic heterocycles. The summed E-state index contributed by atoms with van der Waals surface area (Å²) in [5.74, 6) is 1.36. The number of anilines is 1. The average Bonchev–Trinajstić information content (AvgIpc) is 3.18.